The largest absolute Gasteiger partial charge is 0.467 e. The minimum atomic E-state index is -0.461. The van der Waals surface area contributed by atoms with Crippen LogP contribution in [0, 0.1) is 0 Å². The first-order valence-corrected chi connectivity index (χ1v) is 6.97. The van der Waals surface area contributed by atoms with Crippen LogP contribution in [-0.4, -0.2) is 36.5 Å². The topological polar surface area (TPSA) is 46.6 Å². The minimum Gasteiger partial charge on any atom is -0.467 e. The summed E-state index contributed by atoms with van der Waals surface area (Å²) in [5.74, 6) is -0.479. The number of thiophene rings is 1. The molecule has 0 radical (unpaired) electrons. The van der Waals surface area contributed by atoms with E-state index in [1.54, 1.807) is 17.0 Å². The van der Waals surface area contributed by atoms with Crippen molar-refractivity contribution in [2.45, 2.75) is 25.3 Å². The molecule has 0 unspecified atom stereocenters. The Bertz CT molecular complexity index is 460. The lowest BCUT2D eigenvalue weighted by atomic mass is 10.0. The second-order valence-corrected chi connectivity index (χ2v) is 5.85. The normalized spacial score (nSPS) is 19.7. The van der Waals surface area contributed by atoms with Crippen molar-refractivity contribution >= 4 is 34.8 Å². The third-order valence-corrected chi connectivity index (χ3v) is 4.24. The highest BCUT2D eigenvalue weighted by molar-refractivity contribution is 7.17. The molecule has 0 bridgehead atoms. The average molecular weight is 288 g/mol. The van der Waals surface area contributed by atoms with E-state index in [1.165, 1.54) is 18.4 Å². The lowest BCUT2D eigenvalue weighted by Crippen LogP contribution is -2.48. The Morgan fingerprint density at radius 2 is 2.22 bits per heavy atom. The van der Waals surface area contributed by atoms with Crippen LogP contribution in [-0.2, 0) is 9.53 Å². The number of hydrogen-bond donors (Lipinski definition) is 0. The standard InChI is InChI=1S/C12H14ClNO3S/c1-17-12(16)8-4-2-3-7-14(8)11(15)9-5-6-10(13)18-9/h5-6,8H,2-4,7H2,1H3/t8-/m0/s1. The molecule has 0 saturated carbocycles. The van der Waals surface area contributed by atoms with Crippen molar-refractivity contribution < 1.29 is 14.3 Å². The monoisotopic (exact) mass is 287 g/mol. The Labute approximate surface area is 114 Å². The van der Waals surface area contributed by atoms with Gasteiger partial charge in [0.2, 0.25) is 0 Å². The van der Waals surface area contributed by atoms with Crippen molar-refractivity contribution in [3.05, 3.63) is 21.3 Å². The summed E-state index contributed by atoms with van der Waals surface area (Å²) in [5, 5.41) is 0. The Morgan fingerprint density at radius 3 is 2.83 bits per heavy atom. The number of likely N-dealkylation sites (tertiary alicyclic amines) is 1. The highest BCUT2D eigenvalue weighted by Gasteiger charge is 2.33. The van der Waals surface area contributed by atoms with Gasteiger partial charge in [-0.05, 0) is 31.4 Å². The Balaban J connectivity index is 2.18. The molecule has 18 heavy (non-hydrogen) atoms. The van der Waals surface area contributed by atoms with Crippen LogP contribution in [0.1, 0.15) is 28.9 Å². The van der Waals surface area contributed by atoms with E-state index < -0.39 is 6.04 Å². The number of carbonyl (C=O) groups is 2. The van der Waals surface area contributed by atoms with Crippen LogP contribution < -0.4 is 0 Å². The van der Waals surface area contributed by atoms with Gasteiger partial charge in [-0.15, -0.1) is 11.3 Å². The van der Waals surface area contributed by atoms with Gasteiger partial charge in [-0.1, -0.05) is 11.6 Å². The number of hydrogen-bond acceptors (Lipinski definition) is 4. The molecule has 98 valence electrons. The fourth-order valence-corrected chi connectivity index (χ4v) is 3.13. The Kier molecular flexibility index (Phi) is 4.24. The number of amides is 1. The first-order valence-electron chi connectivity index (χ1n) is 5.77. The molecule has 1 aromatic heterocycles. The van der Waals surface area contributed by atoms with Gasteiger partial charge in [0.1, 0.15) is 6.04 Å². The van der Waals surface area contributed by atoms with E-state index in [2.05, 4.69) is 0 Å². The van der Waals surface area contributed by atoms with Crippen molar-refractivity contribution in [1.82, 2.24) is 4.90 Å². The van der Waals surface area contributed by atoms with E-state index >= 15 is 0 Å². The first kappa shape index (κ1) is 13.4. The third-order valence-electron chi connectivity index (χ3n) is 3.02. The van der Waals surface area contributed by atoms with Crippen molar-refractivity contribution in [2.75, 3.05) is 13.7 Å². The molecule has 2 heterocycles. The van der Waals surface area contributed by atoms with Crippen LogP contribution in [0.5, 0.6) is 0 Å². The highest BCUT2D eigenvalue weighted by atomic mass is 35.5. The number of esters is 1. The van der Waals surface area contributed by atoms with Crippen molar-refractivity contribution in [1.29, 1.82) is 0 Å². The number of nitrogens with zero attached hydrogens (tertiary/aromatic N) is 1. The maximum absolute atomic E-state index is 12.3. The Morgan fingerprint density at radius 1 is 1.44 bits per heavy atom. The molecule has 1 aliphatic heterocycles. The molecule has 1 saturated heterocycles. The van der Waals surface area contributed by atoms with Gasteiger partial charge < -0.3 is 9.64 Å². The molecular formula is C12H14ClNO3S. The molecule has 2 rings (SSSR count). The van der Waals surface area contributed by atoms with Crippen LogP contribution in [0.2, 0.25) is 4.34 Å². The summed E-state index contributed by atoms with van der Waals surface area (Å²) in [5.41, 5.74) is 0. The molecule has 0 spiro atoms. The molecule has 0 aromatic carbocycles. The van der Waals surface area contributed by atoms with Crippen LogP contribution in [0.3, 0.4) is 0 Å². The number of piperidine rings is 1. The molecule has 0 N–H and O–H groups in total. The molecule has 6 heteroatoms. The van der Waals surface area contributed by atoms with Crippen molar-refractivity contribution in [3.8, 4) is 0 Å². The van der Waals surface area contributed by atoms with Gasteiger partial charge in [-0.3, -0.25) is 4.79 Å². The van der Waals surface area contributed by atoms with Crippen molar-refractivity contribution in [3.63, 3.8) is 0 Å². The van der Waals surface area contributed by atoms with Gasteiger partial charge in [-0.2, -0.15) is 0 Å². The van der Waals surface area contributed by atoms with E-state index in [-0.39, 0.29) is 11.9 Å². The third kappa shape index (κ3) is 2.67. The van der Waals surface area contributed by atoms with E-state index in [1.807, 2.05) is 0 Å². The summed E-state index contributed by atoms with van der Waals surface area (Å²) >= 11 is 7.06. The van der Waals surface area contributed by atoms with Gasteiger partial charge in [0.25, 0.3) is 5.91 Å². The first-order chi connectivity index (χ1) is 8.63. The zero-order valence-corrected chi connectivity index (χ0v) is 11.6. The smallest absolute Gasteiger partial charge is 0.328 e. The van der Waals surface area contributed by atoms with Gasteiger partial charge in [0.05, 0.1) is 16.3 Å². The van der Waals surface area contributed by atoms with E-state index in [4.69, 9.17) is 16.3 Å². The SMILES string of the molecule is COC(=O)[C@@H]1CCCCN1C(=O)c1ccc(Cl)s1. The predicted octanol–water partition coefficient (Wildman–Crippen LogP) is 2.57. The van der Waals surface area contributed by atoms with Crippen LogP contribution in [0.25, 0.3) is 0 Å². The molecule has 1 fully saturated rings. The fourth-order valence-electron chi connectivity index (χ4n) is 2.13. The fraction of sp³-hybridized carbons (Fsp3) is 0.500. The number of methoxy groups -OCH3 is 1. The second-order valence-electron chi connectivity index (χ2n) is 4.14. The van der Waals surface area contributed by atoms with E-state index in [0.29, 0.717) is 22.2 Å². The maximum atomic E-state index is 12.3. The molecule has 1 amide bonds. The Hall–Kier alpha value is -1.07. The second kappa shape index (κ2) is 5.71. The molecular weight excluding hydrogens is 274 g/mol. The van der Waals surface area contributed by atoms with Gasteiger partial charge >= 0.3 is 5.97 Å². The predicted molar refractivity (Wildman–Crippen MR) is 70.0 cm³/mol. The zero-order chi connectivity index (χ0) is 13.1. The minimum absolute atomic E-state index is 0.137. The number of rotatable bonds is 2. The average Bonchev–Trinajstić information content (AvgIpc) is 2.83. The number of carbonyl (C=O) groups excluding carboxylic acids is 2. The quantitative estimate of drug-likeness (QED) is 0.786. The zero-order valence-electron chi connectivity index (χ0n) is 10.0. The lowest BCUT2D eigenvalue weighted by molar-refractivity contribution is -0.147. The molecule has 1 aliphatic rings. The summed E-state index contributed by atoms with van der Waals surface area (Å²) in [6.45, 7) is 0.591. The summed E-state index contributed by atoms with van der Waals surface area (Å²) in [6.07, 6.45) is 2.52. The van der Waals surface area contributed by atoms with Crippen LogP contribution in [0.4, 0.5) is 0 Å². The van der Waals surface area contributed by atoms with Crippen LogP contribution in [0.15, 0.2) is 12.1 Å². The summed E-state index contributed by atoms with van der Waals surface area (Å²) < 4.78 is 5.33. The van der Waals surface area contributed by atoms with E-state index in [9.17, 15) is 9.59 Å². The lowest BCUT2D eigenvalue weighted by Gasteiger charge is -2.33. The van der Waals surface area contributed by atoms with Gasteiger partial charge in [-0.25, -0.2) is 4.79 Å². The van der Waals surface area contributed by atoms with Crippen LogP contribution >= 0.6 is 22.9 Å². The van der Waals surface area contributed by atoms with Gasteiger partial charge in [0.15, 0.2) is 0 Å². The molecule has 1 atom stereocenters. The molecule has 1 aromatic rings. The molecule has 4 nitrogen and oxygen atoms in total. The number of halogens is 1. The number of ether oxygens (including phenoxy) is 1. The summed E-state index contributed by atoms with van der Waals surface area (Å²) in [4.78, 5) is 26.2. The van der Waals surface area contributed by atoms with Gasteiger partial charge in [0, 0.05) is 6.54 Å². The molecule has 0 aliphatic carbocycles. The summed E-state index contributed by atoms with van der Waals surface area (Å²) in [7, 11) is 1.35. The maximum Gasteiger partial charge on any atom is 0.328 e. The van der Waals surface area contributed by atoms with Crippen molar-refractivity contribution in [2.24, 2.45) is 0 Å². The highest BCUT2D eigenvalue weighted by Crippen LogP contribution is 2.26. The van der Waals surface area contributed by atoms with E-state index in [0.717, 1.165) is 12.8 Å². The summed E-state index contributed by atoms with van der Waals surface area (Å²) in [6, 6.07) is 2.92.